The van der Waals surface area contributed by atoms with Crippen LogP contribution in [0.2, 0.25) is 0 Å². The molecule has 0 aliphatic heterocycles. The molecule has 0 aliphatic carbocycles. The third-order valence-electron chi connectivity index (χ3n) is 4.78. The van der Waals surface area contributed by atoms with Gasteiger partial charge in [0, 0.05) is 24.4 Å². The van der Waals surface area contributed by atoms with Crippen molar-refractivity contribution in [2.75, 3.05) is 6.54 Å². The molecule has 2 N–H and O–H groups in total. The third-order valence-corrected chi connectivity index (χ3v) is 6.13. The van der Waals surface area contributed by atoms with Crippen LogP contribution < -0.4 is 14.8 Å². The average Bonchev–Trinajstić information content (AvgIpc) is 2.84. The minimum atomic E-state index is -4.17. The quantitative estimate of drug-likeness (QED) is 0.403. The number of amides is 2. The van der Waals surface area contributed by atoms with Crippen molar-refractivity contribution >= 4 is 28.0 Å². The molecule has 0 unspecified atom stereocenters. The number of aromatic nitrogens is 1. The first kappa shape index (κ1) is 27.3. The van der Waals surface area contributed by atoms with Gasteiger partial charge in [-0.05, 0) is 68.3 Å². The summed E-state index contributed by atoms with van der Waals surface area (Å²) in [5.41, 5.74) is 1.01. The lowest BCUT2D eigenvalue weighted by Gasteiger charge is -2.09. The van der Waals surface area contributed by atoms with E-state index in [0.717, 1.165) is 11.8 Å². The molecular weight excluding hydrogens is 505 g/mol. The van der Waals surface area contributed by atoms with Crippen LogP contribution in [-0.2, 0) is 21.2 Å². The molecule has 10 nitrogen and oxygen atoms in total. The Labute approximate surface area is 212 Å². The number of sulfonamides is 1. The van der Waals surface area contributed by atoms with Crippen LogP contribution in [0.15, 0.2) is 71.8 Å². The molecular formula is C25H24FN3O7S. The van der Waals surface area contributed by atoms with Gasteiger partial charge in [0.2, 0.25) is 5.88 Å². The van der Waals surface area contributed by atoms with Crippen LogP contribution in [0, 0.1) is 5.82 Å². The van der Waals surface area contributed by atoms with Gasteiger partial charge in [0.05, 0.1) is 16.6 Å². The summed E-state index contributed by atoms with van der Waals surface area (Å²) in [4.78, 5) is 39.6. The van der Waals surface area contributed by atoms with Crippen LogP contribution in [-0.4, -0.2) is 44.0 Å². The minimum Gasteiger partial charge on any atom is -0.431 e. The number of nitrogens with one attached hydrogen (secondary N) is 2. The normalized spacial score (nSPS) is 11.0. The number of hydrogen-bond donors (Lipinski definition) is 2. The summed E-state index contributed by atoms with van der Waals surface area (Å²) in [5.74, 6) is -1.83. The Morgan fingerprint density at radius 2 is 1.57 bits per heavy atom. The van der Waals surface area contributed by atoms with Crippen molar-refractivity contribution in [3.63, 3.8) is 0 Å². The van der Waals surface area contributed by atoms with Crippen LogP contribution in [0.1, 0.15) is 40.1 Å². The van der Waals surface area contributed by atoms with E-state index in [1.807, 2.05) is 4.72 Å². The number of halogens is 1. The summed E-state index contributed by atoms with van der Waals surface area (Å²) >= 11 is 0. The van der Waals surface area contributed by atoms with Gasteiger partial charge < -0.3 is 14.8 Å². The van der Waals surface area contributed by atoms with E-state index in [1.165, 1.54) is 48.5 Å². The summed E-state index contributed by atoms with van der Waals surface area (Å²) in [7, 11) is -4.17. The molecule has 0 bridgehead atoms. The van der Waals surface area contributed by atoms with Crippen LogP contribution >= 0.6 is 0 Å². The fourth-order valence-electron chi connectivity index (χ4n) is 2.98. The summed E-state index contributed by atoms with van der Waals surface area (Å²) in [6.07, 6.45) is 0.142. The summed E-state index contributed by atoms with van der Waals surface area (Å²) in [5, 5.41) is 2.70. The lowest BCUT2D eigenvalue weighted by molar-refractivity contribution is 0.0715. The van der Waals surface area contributed by atoms with Crippen LogP contribution in [0.25, 0.3) is 0 Å². The molecule has 0 aliphatic rings. The Bertz CT molecular complexity index is 1360. The predicted molar refractivity (Wildman–Crippen MR) is 130 cm³/mol. The Hall–Kier alpha value is -4.32. The van der Waals surface area contributed by atoms with Gasteiger partial charge in [0.25, 0.3) is 21.8 Å². The average molecular weight is 530 g/mol. The van der Waals surface area contributed by atoms with Crippen LogP contribution in [0.5, 0.6) is 5.88 Å². The zero-order valence-electron chi connectivity index (χ0n) is 19.9. The molecule has 37 heavy (non-hydrogen) atoms. The molecule has 2 amide bonds. The molecule has 194 valence electrons. The minimum absolute atomic E-state index is 0.0679. The van der Waals surface area contributed by atoms with Crippen molar-refractivity contribution < 1.29 is 36.7 Å². The molecule has 1 aromatic heterocycles. The van der Waals surface area contributed by atoms with E-state index in [-0.39, 0.29) is 34.9 Å². The number of nitrogens with zero attached hydrogens (tertiary/aromatic N) is 1. The van der Waals surface area contributed by atoms with Gasteiger partial charge in [-0.1, -0.05) is 12.1 Å². The number of benzene rings is 2. The second-order valence-electron chi connectivity index (χ2n) is 8.00. The van der Waals surface area contributed by atoms with Crippen LogP contribution in [0.4, 0.5) is 9.18 Å². The summed E-state index contributed by atoms with van der Waals surface area (Å²) < 4.78 is 49.8. The Balaban J connectivity index is 1.53. The highest BCUT2D eigenvalue weighted by Crippen LogP contribution is 2.13. The first-order valence-electron chi connectivity index (χ1n) is 11.1. The highest BCUT2D eigenvalue weighted by atomic mass is 32.2. The van der Waals surface area contributed by atoms with E-state index in [1.54, 1.807) is 26.0 Å². The topological polar surface area (TPSA) is 141 Å². The predicted octanol–water partition coefficient (Wildman–Crippen LogP) is 3.24. The van der Waals surface area contributed by atoms with E-state index in [0.29, 0.717) is 12.0 Å². The smallest absolute Gasteiger partial charge is 0.431 e. The largest absolute Gasteiger partial charge is 0.515 e. The highest BCUT2D eigenvalue weighted by molar-refractivity contribution is 7.90. The Morgan fingerprint density at radius 1 is 0.919 bits per heavy atom. The molecule has 12 heteroatoms. The molecule has 2 aromatic carbocycles. The zero-order valence-corrected chi connectivity index (χ0v) is 20.8. The molecule has 1 heterocycles. The van der Waals surface area contributed by atoms with Crippen molar-refractivity contribution in [2.45, 2.75) is 31.3 Å². The first-order valence-corrected chi connectivity index (χ1v) is 12.6. The maximum Gasteiger partial charge on any atom is 0.515 e. The zero-order chi connectivity index (χ0) is 27.0. The number of rotatable bonds is 9. The van der Waals surface area contributed by atoms with Crippen molar-refractivity contribution in [3.05, 3.63) is 89.4 Å². The molecule has 0 spiro atoms. The Morgan fingerprint density at radius 3 is 2.16 bits per heavy atom. The van der Waals surface area contributed by atoms with Crippen LogP contribution in [0.3, 0.4) is 0 Å². The van der Waals surface area contributed by atoms with Gasteiger partial charge in [0.15, 0.2) is 0 Å². The van der Waals surface area contributed by atoms with E-state index in [4.69, 9.17) is 9.47 Å². The summed E-state index contributed by atoms with van der Waals surface area (Å²) in [6.45, 7) is 3.57. The van der Waals surface area contributed by atoms with E-state index in [9.17, 15) is 27.2 Å². The standard InChI is InChI=1S/C25H24FN3O7S/c1-16(2)35-25(32)36-22-12-7-19(15-28-22)24(31)29-37(33,34)21-10-3-17(4-11-21)13-14-27-23(30)18-5-8-20(26)9-6-18/h3-12,15-16H,13-14H2,1-2H3,(H,27,30)(H,29,31). The molecule has 3 aromatic rings. The lowest BCUT2D eigenvalue weighted by atomic mass is 10.1. The fraction of sp³-hybridized carbons (Fsp3) is 0.200. The van der Waals surface area contributed by atoms with Gasteiger partial charge in [0.1, 0.15) is 5.82 Å². The van der Waals surface area contributed by atoms with E-state index < -0.39 is 27.9 Å². The van der Waals surface area contributed by atoms with Gasteiger partial charge in [-0.15, -0.1) is 0 Å². The number of hydrogen-bond acceptors (Lipinski definition) is 8. The van der Waals surface area contributed by atoms with Crippen molar-refractivity contribution in [1.29, 1.82) is 0 Å². The number of pyridine rings is 1. The van der Waals surface area contributed by atoms with Gasteiger partial charge >= 0.3 is 6.16 Å². The SMILES string of the molecule is CC(C)OC(=O)Oc1ccc(C(=O)NS(=O)(=O)c2ccc(CCNC(=O)c3ccc(F)cc3)cc2)cn1. The van der Waals surface area contributed by atoms with Gasteiger partial charge in [-0.3, -0.25) is 9.59 Å². The number of carbonyl (C=O) groups is 3. The maximum atomic E-state index is 13.0. The molecule has 0 saturated heterocycles. The molecule has 0 radical (unpaired) electrons. The molecule has 0 saturated carbocycles. The summed E-state index contributed by atoms with van der Waals surface area (Å²) in [6, 6.07) is 13.4. The molecule has 0 fully saturated rings. The third kappa shape index (κ3) is 8.10. The van der Waals surface area contributed by atoms with Crippen molar-refractivity contribution in [2.24, 2.45) is 0 Å². The second-order valence-corrected chi connectivity index (χ2v) is 9.68. The van der Waals surface area contributed by atoms with Crippen molar-refractivity contribution in [1.82, 2.24) is 15.0 Å². The van der Waals surface area contributed by atoms with Gasteiger partial charge in [-0.25, -0.2) is 27.3 Å². The monoisotopic (exact) mass is 529 g/mol. The Kier molecular flexibility index (Phi) is 8.90. The second kappa shape index (κ2) is 12.1. The first-order chi connectivity index (χ1) is 17.5. The lowest BCUT2D eigenvalue weighted by Crippen LogP contribution is -2.30. The van der Waals surface area contributed by atoms with E-state index >= 15 is 0 Å². The van der Waals surface area contributed by atoms with Gasteiger partial charge in [-0.2, -0.15) is 0 Å². The highest BCUT2D eigenvalue weighted by Gasteiger charge is 2.19. The maximum absolute atomic E-state index is 13.0. The van der Waals surface area contributed by atoms with Crippen molar-refractivity contribution in [3.8, 4) is 5.88 Å². The molecule has 3 rings (SSSR count). The van der Waals surface area contributed by atoms with E-state index in [2.05, 4.69) is 10.3 Å². The fourth-order valence-corrected chi connectivity index (χ4v) is 3.95. The number of ether oxygens (including phenoxy) is 2. The molecule has 0 atom stereocenters. The number of carbonyl (C=O) groups excluding carboxylic acids is 3.